The minimum absolute atomic E-state index is 0.608. The van der Waals surface area contributed by atoms with Gasteiger partial charge in [-0.15, -0.1) is 0 Å². The number of benzene rings is 1. The zero-order valence-electron chi connectivity index (χ0n) is 12.4. The molecular formula is C17H16BrClN2O. The van der Waals surface area contributed by atoms with Crippen LogP contribution in [0.1, 0.15) is 11.1 Å². The van der Waals surface area contributed by atoms with Crippen LogP contribution in [0.3, 0.4) is 0 Å². The predicted molar refractivity (Wildman–Crippen MR) is 94.8 cm³/mol. The maximum atomic E-state index is 11.8. The van der Waals surface area contributed by atoms with Crippen molar-refractivity contribution in [1.29, 1.82) is 0 Å². The Kier molecular flexibility index (Phi) is 5.89. The molecule has 0 unspecified atom stereocenters. The Balaban J connectivity index is 2.65. The van der Waals surface area contributed by atoms with E-state index in [1.165, 1.54) is 0 Å². The quantitative estimate of drug-likeness (QED) is 0.444. The number of aromatic nitrogens is 1. The molecule has 0 bridgehead atoms. The zero-order chi connectivity index (χ0) is 16.1. The van der Waals surface area contributed by atoms with Gasteiger partial charge in [0.2, 0.25) is 0 Å². The van der Waals surface area contributed by atoms with Crippen LogP contribution >= 0.6 is 27.5 Å². The van der Waals surface area contributed by atoms with Crippen LogP contribution in [0, 0.1) is 0 Å². The summed E-state index contributed by atoms with van der Waals surface area (Å²) in [6.07, 6.45) is 2.61. The number of hydrogen-bond acceptors (Lipinski definition) is 3. The second-order valence-corrected chi connectivity index (χ2v) is 6.37. The predicted octanol–water partition coefficient (Wildman–Crippen LogP) is 4.17. The first kappa shape index (κ1) is 16.9. The van der Waals surface area contributed by atoms with Crippen molar-refractivity contribution < 1.29 is 4.79 Å². The van der Waals surface area contributed by atoms with Crippen molar-refractivity contribution in [2.75, 3.05) is 20.6 Å². The number of pyridine rings is 1. The average molecular weight is 380 g/mol. The number of allylic oxidation sites excluding steroid dienone is 1. The van der Waals surface area contributed by atoms with Gasteiger partial charge in [0.25, 0.3) is 0 Å². The molecule has 0 aliphatic heterocycles. The highest BCUT2D eigenvalue weighted by atomic mass is 79.9. The monoisotopic (exact) mass is 378 g/mol. The topological polar surface area (TPSA) is 33.2 Å². The third-order valence-electron chi connectivity index (χ3n) is 3.13. The van der Waals surface area contributed by atoms with E-state index in [4.69, 9.17) is 11.6 Å². The summed E-state index contributed by atoms with van der Waals surface area (Å²) in [7, 11) is 3.94. The van der Waals surface area contributed by atoms with Gasteiger partial charge in [-0.25, -0.2) is 4.98 Å². The summed E-state index contributed by atoms with van der Waals surface area (Å²) in [5.74, 6) is 0. The molecule has 0 saturated carbocycles. The highest BCUT2D eigenvalue weighted by molar-refractivity contribution is 9.10. The number of hydrogen-bond donors (Lipinski definition) is 0. The first-order valence-corrected chi connectivity index (χ1v) is 7.89. The Labute approximate surface area is 143 Å². The maximum Gasteiger partial charge on any atom is 0.151 e. The molecule has 0 amide bonds. The van der Waals surface area contributed by atoms with E-state index >= 15 is 0 Å². The van der Waals surface area contributed by atoms with Gasteiger partial charge in [0.05, 0.1) is 0 Å². The van der Waals surface area contributed by atoms with Gasteiger partial charge in [0, 0.05) is 23.3 Å². The van der Waals surface area contributed by atoms with Crippen molar-refractivity contribution >= 4 is 45.0 Å². The molecule has 1 aromatic carbocycles. The number of halogens is 2. The van der Waals surface area contributed by atoms with Gasteiger partial charge in [0.1, 0.15) is 4.60 Å². The molecule has 0 fully saturated rings. The third kappa shape index (κ3) is 4.26. The van der Waals surface area contributed by atoms with E-state index in [-0.39, 0.29) is 0 Å². The Hall–Kier alpha value is -1.49. The molecule has 114 valence electrons. The van der Waals surface area contributed by atoms with Gasteiger partial charge in [-0.2, -0.15) is 0 Å². The van der Waals surface area contributed by atoms with E-state index in [0.29, 0.717) is 17.1 Å². The summed E-state index contributed by atoms with van der Waals surface area (Å²) in [5.41, 5.74) is 3.34. The summed E-state index contributed by atoms with van der Waals surface area (Å²) in [4.78, 5) is 17.9. The Morgan fingerprint density at radius 1 is 1.27 bits per heavy atom. The molecule has 1 aromatic heterocycles. The average Bonchev–Trinajstić information content (AvgIpc) is 2.47. The lowest BCUT2D eigenvalue weighted by atomic mass is 9.95. The van der Waals surface area contributed by atoms with Crippen molar-refractivity contribution in [3.05, 3.63) is 63.3 Å². The van der Waals surface area contributed by atoms with Gasteiger partial charge in [-0.3, -0.25) is 4.79 Å². The highest BCUT2D eigenvalue weighted by Crippen LogP contribution is 2.28. The molecule has 2 rings (SSSR count). The molecule has 0 saturated heterocycles. The molecule has 0 aliphatic rings. The fourth-order valence-corrected chi connectivity index (χ4v) is 2.76. The number of likely N-dealkylation sites (N-methyl/N-ethyl adjacent to an activating group) is 1. The van der Waals surface area contributed by atoms with Crippen molar-refractivity contribution in [2.24, 2.45) is 0 Å². The van der Waals surface area contributed by atoms with Gasteiger partial charge in [0.15, 0.2) is 6.29 Å². The lowest BCUT2D eigenvalue weighted by molar-refractivity contribution is -0.103. The molecule has 0 spiro atoms. The van der Waals surface area contributed by atoms with Gasteiger partial charge < -0.3 is 4.90 Å². The molecule has 0 radical (unpaired) electrons. The van der Waals surface area contributed by atoms with E-state index < -0.39 is 0 Å². The number of aldehydes is 1. The summed E-state index contributed by atoms with van der Waals surface area (Å²) in [6.45, 7) is 0.636. The first-order chi connectivity index (χ1) is 10.5. The lowest BCUT2D eigenvalue weighted by Crippen LogP contribution is -2.16. The summed E-state index contributed by atoms with van der Waals surface area (Å²) in [5, 5.41) is 0.608. The highest BCUT2D eigenvalue weighted by Gasteiger charge is 2.13. The number of carbonyl (C=O) groups is 1. The fourth-order valence-electron chi connectivity index (χ4n) is 2.21. The maximum absolute atomic E-state index is 11.8. The third-order valence-corrected chi connectivity index (χ3v) is 3.80. The van der Waals surface area contributed by atoms with Crippen molar-refractivity contribution in [1.82, 2.24) is 9.88 Å². The van der Waals surface area contributed by atoms with Gasteiger partial charge in [-0.1, -0.05) is 23.7 Å². The Morgan fingerprint density at radius 2 is 2.05 bits per heavy atom. The molecule has 1 heterocycles. The molecule has 5 heteroatoms. The van der Waals surface area contributed by atoms with Gasteiger partial charge in [-0.05, 0) is 71.0 Å². The van der Waals surface area contributed by atoms with E-state index in [1.54, 1.807) is 18.3 Å². The second kappa shape index (κ2) is 7.68. The van der Waals surface area contributed by atoms with Crippen LogP contribution in [-0.2, 0) is 4.79 Å². The number of rotatable bonds is 5. The standard InChI is InChI=1S/C17H16BrClN2O/c1-21(2)10-15(13-6-7-20-17(18)9-13)16(11-22)12-4-3-5-14(19)8-12/h3-9,11H,10H2,1-2H3/b16-15-. The van der Waals surface area contributed by atoms with Gasteiger partial charge >= 0.3 is 0 Å². The zero-order valence-corrected chi connectivity index (χ0v) is 14.7. The summed E-state index contributed by atoms with van der Waals surface area (Å²) < 4.78 is 0.734. The summed E-state index contributed by atoms with van der Waals surface area (Å²) >= 11 is 9.44. The van der Waals surface area contributed by atoms with Crippen molar-refractivity contribution in [3.63, 3.8) is 0 Å². The fraction of sp³-hybridized carbons (Fsp3) is 0.176. The lowest BCUT2D eigenvalue weighted by Gasteiger charge is -2.17. The Morgan fingerprint density at radius 3 is 2.64 bits per heavy atom. The van der Waals surface area contributed by atoms with Crippen molar-refractivity contribution in [2.45, 2.75) is 0 Å². The molecule has 0 N–H and O–H groups in total. The van der Waals surface area contributed by atoms with Crippen LogP contribution in [-0.4, -0.2) is 36.8 Å². The summed E-state index contributed by atoms with van der Waals surface area (Å²) in [6, 6.07) is 11.1. The van der Waals surface area contributed by atoms with E-state index in [1.807, 2.05) is 43.3 Å². The smallest absolute Gasteiger partial charge is 0.151 e. The van der Waals surface area contributed by atoms with E-state index in [2.05, 4.69) is 20.9 Å². The molecule has 2 aromatic rings. The van der Waals surface area contributed by atoms with Crippen LogP contribution in [0.4, 0.5) is 0 Å². The minimum atomic E-state index is 0.608. The Bertz CT molecular complexity index is 713. The van der Waals surface area contributed by atoms with Crippen LogP contribution in [0.25, 0.3) is 11.1 Å². The van der Waals surface area contributed by atoms with Crippen LogP contribution in [0.2, 0.25) is 5.02 Å². The molecule has 0 atom stereocenters. The van der Waals surface area contributed by atoms with E-state index in [9.17, 15) is 4.79 Å². The number of nitrogens with zero attached hydrogens (tertiary/aromatic N) is 2. The van der Waals surface area contributed by atoms with Crippen LogP contribution < -0.4 is 0 Å². The molecular weight excluding hydrogens is 364 g/mol. The minimum Gasteiger partial charge on any atom is -0.305 e. The SMILES string of the molecule is CN(C)C/C(=C(\C=O)c1cccc(Cl)c1)c1ccnc(Br)c1. The van der Waals surface area contributed by atoms with E-state index in [0.717, 1.165) is 27.6 Å². The molecule has 22 heavy (non-hydrogen) atoms. The van der Waals surface area contributed by atoms with Crippen LogP contribution in [0.15, 0.2) is 47.2 Å². The number of carbonyl (C=O) groups excluding carboxylic acids is 1. The molecule has 3 nitrogen and oxygen atoms in total. The molecule has 0 aliphatic carbocycles. The largest absolute Gasteiger partial charge is 0.305 e. The van der Waals surface area contributed by atoms with Crippen LogP contribution in [0.5, 0.6) is 0 Å². The second-order valence-electron chi connectivity index (χ2n) is 5.13. The first-order valence-electron chi connectivity index (χ1n) is 6.72. The van der Waals surface area contributed by atoms with Crippen molar-refractivity contribution in [3.8, 4) is 0 Å². The normalized spacial score (nSPS) is 12.2.